The molecule has 0 bridgehead atoms. The van der Waals surface area contributed by atoms with Crippen LogP contribution in [0.4, 0.5) is 5.82 Å². The summed E-state index contributed by atoms with van der Waals surface area (Å²) in [7, 11) is 0. The maximum atomic E-state index is 9.46. The Morgan fingerprint density at radius 3 is 1.77 bits per heavy atom. The average Bonchev–Trinajstić information content (AvgIpc) is 3.10. The van der Waals surface area contributed by atoms with Crippen molar-refractivity contribution in [2.45, 2.75) is 19.3 Å². The number of pyridine rings is 2. The Bertz CT molecular complexity index is 1290. The topological polar surface area (TPSA) is 53.9 Å². The largest absolute Gasteiger partial charge is 0.361 e. The fraction of sp³-hybridized carbons (Fsp3) is 0.111. The van der Waals surface area contributed by atoms with Gasteiger partial charge in [0.25, 0.3) is 5.82 Å². The van der Waals surface area contributed by atoms with Gasteiger partial charge < -0.3 is 4.85 Å². The van der Waals surface area contributed by atoms with Gasteiger partial charge in [0.05, 0.1) is 5.41 Å². The molecule has 4 heteroatoms. The number of nitrogens with zero attached hydrogens (tertiary/aromatic N) is 4. The summed E-state index contributed by atoms with van der Waals surface area (Å²) in [5.41, 5.74) is 7.57. The molecule has 2 aromatic heterocycles. The van der Waals surface area contributed by atoms with E-state index in [2.05, 4.69) is 83.3 Å². The molecule has 0 unspecified atom stereocenters. The fourth-order valence-corrected chi connectivity index (χ4v) is 4.54. The molecule has 0 spiro atoms. The lowest BCUT2D eigenvalue weighted by Gasteiger charge is -2.33. The Morgan fingerprint density at radius 2 is 1.26 bits per heavy atom. The van der Waals surface area contributed by atoms with Crippen LogP contribution in [0.15, 0.2) is 72.8 Å². The fourth-order valence-electron chi connectivity index (χ4n) is 4.54. The third-order valence-corrected chi connectivity index (χ3v) is 6.01. The summed E-state index contributed by atoms with van der Waals surface area (Å²) >= 11 is 0. The Morgan fingerprint density at radius 1 is 0.742 bits per heavy atom. The number of hydrogen-bond donors (Lipinski definition) is 0. The van der Waals surface area contributed by atoms with Gasteiger partial charge in [-0.3, -0.25) is 0 Å². The smallest absolute Gasteiger partial charge is 0.270 e. The van der Waals surface area contributed by atoms with Gasteiger partial charge in [-0.2, -0.15) is 5.26 Å². The van der Waals surface area contributed by atoms with Gasteiger partial charge in [0, 0.05) is 11.1 Å². The molecule has 2 aromatic carbocycles. The molecule has 5 rings (SSSR count). The molecular weight excluding hydrogens is 380 g/mol. The van der Waals surface area contributed by atoms with E-state index in [4.69, 9.17) is 6.57 Å². The summed E-state index contributed by atoms with van der Waals surface area (Å²) in [5, 5.41) is 9.46. The van der Waals surface area contributed by atoms with Crippen molar-refractivity contribution in [2.24, 2.45) is 0 Å². The molecule has 0 radical (unpaired) electrons. The molecule has 0 saturated heterocycles. The minimum absolute atomic E-state index is 0.317. The highest BCUT2D eigenvalue weighted by atomic mass is 14.9. The minimum atomic E-state index is -0.624. The maximum Gasteiger partial charge on any atom is 0.270 e. The van der Waals surface area contributed by atoms with Crippen LogP contribution in [0.25, 0.3) is 16.2 Å². The highest BCUT2D eigenvalue weighted by molar-refractivity contribution is 5.83. The first-order valence-corrected chi connectivity index (χ1v) is 10.0. The molecule has 0 amide bonds. The van der Waals surface area contributed by atoms with Crippen LogP contribution >= 0.6 is 0 Å². The first-order chi connectivity index (χ1) is 15.1. The van der Waals surface area contributed by atoms with Gasteiger partial charge >= 0.3 is 0 Å². The molecule has 2 heterocycles. The lowest BCUT2D eigenvalue weighted by Crippen LogP contribution is -2.28. The van der Waals surface area contributed by atoms with Crippen LogP contribution in [0.3, 0.4) is 0 Å². The van der Waals surface area contributed by atoms with Gasteiger partial charge in [-0.05, 0) is 37.1 Å². The SMILES string of the molecule is [C-]#[N+]c1ccc2c(n1)-c1nc(C#N)ccc1C2(c1ccc(C)cc1)c1ccc(C)cc1. The summed E-state index contributed by atoms with van der Waals surface area (Å²) < 4.78 is 0. The summed E-state index contributed by atoms with van der Waals surface area (Å²) in [4.78, 5) is 12.8. The Kier molecular flexibility index (Phi) is 4.17. The van der Waals surface area contributed by atoms with E-state index >= 15 is 0 Å². The summed E-state index contributed by atoms with van der Waals surface area (Å²) in [6.45, 7) is 11.6. The molecule has 0 aliphatic heterocycles. The highest BCUT2D eigenvalue weighted by Crippen LogP contribution is 2.55. The van der Waals surface area contributed by atoms with Crippen LogP contribution in [-0.2, 0) is 5.41 Å². The van der Waals surface area contributed by atoms with Crippen molar-refractivity contribution in [1.29, 1.82) is 5.26 Å². The van der Waals surface area contributed by atoms with E-state index in [-0.39, 0.29) is 0 Å². The van der Waals surface area contributed by atoms with Gasteiger partial charge in [0.1, 0.15) is 17.5 Å². The van der Waals surface area contributed by atoms with Crippen LogP contribution in [0.5, 0.6) is 0 Å². The van der Waals surface area contributed by atoms with Crippen molar-refractivity contribution in [3.63, 3.8) is 0 Å². The second kappa shape index (κ2) is 6.90. The zero-order valence-corrected chi connectivity index (χ0v) is 17.2. The molecule has 0 fully saturated rings. The van der Waals surface area contributed by atoms with Crippen molar-refractivity contribution in [1.82, 2.24) is 9.97 Å². The second-order valence-corrected chi connectivity index (χ2v) is 7.86. The van der Waals surface area contributed by atoms with Crippen molar-refractivity contribution < 1.29 is 0 Å². The van der Waals surface area contributed by atoms with Crippen molar-refractivity contribution in [2.75, 3.05) is 0 Å². The molecule has 0 atom stereocenters. The summed E-state index contributed by atoms with van der Waals surface area (Å²) in [6, 6.07) is 26.7. The first-order valence-electron chi connectivity index (χ1n) is 10.0. The van der Waals surface area contributed by atoms with E-state index in [9.17, 15) is 5.26 Å². The van der Waals surface area contributed by atoms with Crippen LogP contribution in [0.1, 0.15) is 39.1 Å². The van der Waals surface area contributed by atoms with Gasteiger partial charge in [0.15, 0.2) is 5.69 Å². The molecule has 0 saturated carbocycles. The van der Waals surface area contributed by atoms with Crippen LogP contribution in [0, 0.1) is 31.8 Å². The number of nitriles is 1. The summed E-state index contributed by atoms with van der Waals surface area (Å²) in [6.07, 6.45) is 0. The van der Waals surface area contributed by atoms with Crippen molar-refractivity contribution in [3.8, 4) is 17.5 Å². The first kappa shape index (κ1) is 18.7. The van der Waals surface area contributed by atoms with Gasteiger partial charge in [-0.1, -0.05) is 78.4 Å². The zero-order valence-electron chi connectivity index (χ0n) is 17.2. The Labute approximate surface area is 181 Å². The Balaban J connectivity index is 1.96. The predicted octanol–water partition coefficient (Wildman–Crippen LogP) is 5.88. The van der Waals surface area contributed by atoms with E-state index in [1.165, 1.54) is 11.1 Å². The normalized spacial score (nSPS) is 13.0. The molecule has 31 heavy (non-hydrogen) atoms. The van der Waals surface area contributed by atoms with Gasteiger partial charge in [0.2, 0.25) is 0 Å². The van der Waals surface area contributed by atoms with Crippen LogP contribution in [-0.4, -0.2) is 9.97 Å². The number of aryl methyl sites for hydroxylation is 2. The third-order valence-electron chi connectivity index (χ3n) is 6.01. The van der Waals surface area contributed by atoms with Crippen molar-refractivity contribution in [3.05, 3.63) is 123 Å². The molecule has 0 N–H and O–H groups in total. The van der Waals surface area contributed by atoms with E-state index in [0.717, 1.165) is 22.3 Å². The highest BCUT2D eigenvalue weighted by Gasteiger charge is 2.49. The zero-order chi connectivity index (χ0) is 21.6. The summed E-state index contributed by atoms with van der Waals surface area (Å²) in [5.74, 6) is 0.317. The van der Waals surface area contributed by atoms with Gasteiger partial charge in [-0.15, -0.1) is 4.98 Å². The minimum Gasteiger partial charge on any atom is -0.361 e. The molecular formula is C27H18N4. The number of aromatic nitrogens is 2. The molecule has 4 aromatic rings. The van der Waals surface area contributed by atoms with Crippen LogP contribution < -0.4 is 0 Å². The molecule has 1 aliphatic rings. The van der Waals surface area contributed by atoms with E-state index in [0.29, 0.717) is 22.9 Å². The van der Waals surface area contributed by atoms with E-state index < -0.39 is 5.41 Å². The number of benzene rings is 2. The van der Waals surface area contributed by atoms with Crippen molar-refractivity contribution >= 4 is 5.82 Å². The van der Waals surface area contributed by atoms with Gasteiger partial charge in [-0.25, -0.2) is 4.98 Å². The number of hydrogen-bond acceptors (Lipinski definition) is 3. The van der Waals surface area contributed by atoms with Crippen LogP contribution in [0.2, 0.25) is 0 Å². The quantitative estimate of drug-likeness (QED) is 0.349. The Hall–Kier alpha value is -4.28. The lowest BCUT2D eigenvalue weighted by atomic mass is 9.68. The lowest BCUT2D eigenvalue weighted by molar-refractivity contribution is 0.764. The monoisotopic (exact) mass is 398 g/mol. The van der Waals surface area contributed by atoms with E-state index in [1.807, 2.05) is 12.1 Å². The second-order valence-electron chi connectivity index (χ2n) is 7.86. The predicted molar refractivity (Wildman–Crippen MR) is 120 cm³/mol. The molecule has 4 nitrogen and oxygen atoms in total. The maximum absolute atomic E-state index is 9.46. The average molecular weight is 398 g/mol. The molecule has 1 aliphatic carbocycles. The number of fused-ring (bicyclic) bond motifs is 3. The number of rotatable bonds is 2. The van der Waals surface area contributed by atoms with E-state index in [1.54, 1.807) is 12.1 Å². The third kappa shape index (κ3) is 2.66. The standard InChI is InChI=1S/C27H18N4/c1-17-4-8-19(9-5-17)27(20-10-6-18(2)7-11-20)22-13-12-21(16-28)30-25(22)26-23(27)14-15-24(29-3)31-26/h4-15H,1-2H3. The molecule has 146 valence electrons.